The second-order valence-corrected chi connectivity index (χ2v) is 2.28. The van der Waals surface area contributed by atoms with E-state index in [0.29, 0.717) is 11.0 Å². The molecule has 1 aromatic heterocycles. The van der Waals surface area contributed by atoms with Gasteiger partial charge in [0.2, 0.25) is 0 Å². The van der Waals surface area contributed by atoms with Crippen molar-refractivity contribution in [1.82, 2.24) is 9.55 Å². The molecule has 0 N–H and O–H groups in total. The van der Waals surface area contributed by atoms with Gasteiger partial charge in [0.05, 0.1) is 0 Å². The lowest BCUT2D eigenvalue weighted by molar-refractivity contribution is 0.262. The average molecular weight is 163 g/mol. The third-order valence-electron chi connectivity index (χ3n) is 0.781. The van der Waals surface area contributed by atoms with Crippen molar-refractivity contribution in [3.8, 4) is 0 Å². The van der Waals surface area contributed by atoms with E-state index < -0.39 is 0 Å². The summed E-state index contributed by atoms with van der Waals surface area (Å²) in [7, 11) is 5.80. The van der Waals surface area contributed by atoms with Crippen molar-refractivity contribution in [3.05, 3.63) is 18.7 Å². The highest BCUT2D eigenvalue weighted by molar-refractivity contribution is 8.32. The van der Waals surface area contributed by atoms with E-state index in [-0.39, 0.29) is 5.24 Å². The Kier molecular flexibility index (Phi) is 2.13. The van der Waals surface area contributed by atoms with Crippen LogP contribution in [0.4, 0.5) is 4.79 Å². The molecule has 0 aliphatic rings. The number of carbonyl (C=O) groups is 1. The molecule has 0 saturated heterocycles. The molecular weight excluding hydrogens is 160 g/mol. The van der Waals surface area contributed by atoms with Crippen LogP contribution in [-0.2, 0) is 0 Å². The monoisotopic (exact) mass is 162 g/mol. The Morgan fingerprint density at radius 2 is 2.56 bits per heavy atom. The number of imidazole rings is 1. The van der Waals surface area contributed by atoms with Crippen molar-refractivity contribution in [2.75, 3.05) is 0 Å². The third kappa shape index (κ3) is 1.46. The fourth-order valence-corrected chi connectivity index (χ4v) is 0.834. The Morgan fingerprint density at radius 3 is 3.00 bits per heavy atom. The molecule has 0 bridgehead atoms. The average Bonchev–Trinajstić information content (AvgIpc) is 2.37. The highest BCUT2D eigenvalue weighted by Gasteiger charge is 1.99. The van der Waals surface area contributed by atoms with Crippen LogP contribution in [0, 0.1) is 0 Å². The first-order valence-electron chi connectivity index (χ1n) is 2.15. The van der Waals surface area contributed by atoms with Gasteiger partial charge in [-0.3, -0.25) is 9.36 Å². The largest absolute Gasteiger partial charge is 0.306 e. The van der Waals surface area contributed by atoms with E-state index in [1.54, 1.807) is 0 Å². The van der Waals surface area contributed by atoms with Gasteiger partial charge in [-0.15, -0.1) is 0 Å². The van der Waals surface area contributed by atoms with Crippen LogP contribution in [0.5, 0.6) is 0 Å². The number of aromatic nitrogens is 2. The van der Waals surface area contributed by atoms with Crippen LogP contribution >= 0.6 is 21.7 Å². The Morgan fingerprint density at radius 1 is 1.78 bits per heavy atom. The number of hydrogen-bond donors (Lipinski definition) is 0. The van der Waals surface area contributed by atoms with Crippen molar-refractivity contribution < 1.29 is 4.79 Å². The second-order valence-electron chi connectivity index (χ2n) is 1.31. The number of halogens is 1. The second kappa shape index (κ2) is 2.89. The molecule has 0 fully saturated rings. The minimum atomic E-state index is -0.242. The van der Waals surface area contributed by atoms with E-state index in [2.05, 4.69) is 4.98 Å². The predicted molar refractivity (Wildman–Crippen MR) is 36.5 cm³/mol. The Labute approximate surface area is 60.5 Å². The maximum absolute atomic E-state index is 10.6. The Hall–Kier alpha value is -0.480. The summed E-state index contributed by atoms with van der Waals surface area (Å²) in [5.74, 6) is 0. The highest BCUT2D eigenvalue weighted by atomic mass is 35.7. The number of rotatable bonds is 0. The molecule has 0 radical (unpaired) electrons. The summed E-state index contributed by atoms with van der Waals surface area (Å²) >= 11 is 0. The molecule has 0 aliphatic heterocycles. The van der Waals surface area contributed by atoms with Gasteiger partial charge in [-0.25, -0.2) is 4.98 Å². The normalized spacial score (nSPS) is 9.44. The first-order valence-corrected chi connectivity index (χ1v) is 3.79. The topological polar surface area (TPSA) is 34.9 Å². The van der Waals surface area contributed by atoms with Gasteiger partial charge in [0.15, 0.2) is 0 Å². The van der Waals surface area contributed by atoms with Gasteiger partial charge in [-0.2, -0.15) is 0 Å². The standard InChI is InChI=1S/C4H3ClN2OS/c5-9-4(8)7-2-1-6-3-7/h1-3H. The molecule has 9 heavy (non-hydrogen) atoms. The van der Waals surface area contributed by atoms with Crippen LogP contribution in [-0.4, -0.2) is 14.8 Å². The van der Waals surface area contributed by atoms with Crippen LogP contribution in [0.2, 0.25) is 0 Å². The molecule has 0 saturated carbocycles. The molecular formula is C4H3ClN2OS. The smallest absolute Gasteiger partial charge is 0.266 e. The molecule has 0 aromatic carbocycles. The first kappa shape index (κ1) is 6.64. The molecule has 1 aromatic rings. The van der Waals surface area contributed by atoms with Crippen molar-refractivity contribution >= 4 is 26.9 Å². The van der Waals surface area contributed by atoms with Crippen LogP contribution in [0.15, 0.2) is 18.7 Å². The van der Waals surface area contributed by atoms with E-state index in [9.17, 15) is 4.79 Å². The van der Waals surface area contributed by atoms with E-state index in [4.69, 9.17) is 10.7 Å². The maximum Gasteiger partial charge on any atom is 0.306 e. The molecule has 0 spiro atoms. The van der Waals surface area contributed by atoms with Gasteiger partial charge in [0.1, 0.15) is 6.33 Å². The summed E-state index contributed by atoms with van der Waals surface area (Å²) in [6.07, 6.45) is 4.46. The molecule has 1 heterocycles. The minimum absolute atomic E-state index is 0.242. The lowest BCUT2D eigenvalue weighted by Gasteiger charge is -1.89. The first-order chi connectivity index (χ1) is 4.34. The molecule has 0 unspecified atom stereocenters. The fraction of sp³-hybridized carbons (Fsp3) is 0. The van der Waals surface area contributed by atoms with E-state index in [1.165, 1.54) is 23.3 Å². The Balaban J connectivity index is 2.77. The Bertz CT molecular complexity index is 198. The van der Waals surface area contributed by atoms with Crippen molar-refractivity contribution in [2.45, 2.75) is 0 Å². The molecule has 3 nitrogen and oxygen atoms in total. The molecule has 1 rings (SSSR count). The zero-order chi connectivity index (χ0) is 6.69. The SMILES string of the molecule is O=C(SCl)n1ccnc1. The summed E-state index contributed by atoms with van der Waals surface area (Å²) < 4.78 is 1.30. The lowest BCUT2D eigenvalue weighted by atomic mass is 10.9. The fourth-order valence-electron chi connectivity index (χ4n) is 0.407. The van der Waals surface area contributed by atoms with Gasteiger partial charge in [-0.1, -0.05) is 0 Å². The summed E-state index contributed by atoms with van der Waals surface area (Å²) in [6.45, 7) is 0. The van der Waals surface area contributed by atoms with Crippen LogP contribution in [0.3, 0.4) is 0 Å². The van der Waals surface area contributed by atoms with Crippen LogP contribution < -0.4 is 0 Å². The van der Waals surface area contributed by atoms with Gasteiger partial charge in [0.25, 0.3) is 0 Å². The lowest BCUT2D eigenvalue weighted by Crippen LogP contribution is -1.98. The third-order valence-corrected chi connectivity index (χ3v) is 1.52. The zero-order valence-corrected chi connectivity index (χ0v) is 5.89. The summed E-state index contributed by atoms with van der Waals surface area (Å²) in [4.78, 5) is 14.3. The molecule has 0 amide bonds. The number of hydrogen-bond acceptors (Lipinski definition) is 3. The van der Waals surface area contributed by atoms with Gasteiger partial charge >= 0.3 is 5.24 Å². The molecule has 0 atom stereocenters. The minimum Gasteiger partial charge on any atom is -0.266 e. The highest BCUT2D eigenvalue weighted by Crippen LogP contribution is 2.09. The van der Waals surface area contributed by atoms with Crippen molar-refractivity contribution in [1.29, 1.82) is 0 Å². The van der Waals surface area contributed by atoms with Gasteiger partial charge < -0.3 is 0 Å². The van der Waals surface area contributed by atoms with E-state index in [0.717, 1.165) is 0 Å². The van der Waals surface area contributed by atoms with Crippen LogP contribution in [0.1, 0.15) is 0 Å². The van der Waals surface area contributed by atoms with E-state index in [1.807, 2.05) is 0 Å². The van der Waals surface area contributed by atoms with Gasteiger partial charge in [-0.05, 0) is 10.7 Å². The number of carbonyl (C=O) groups excluding carboxylic acids is 1. The zero-order valence-electron chi connectivity index (χ0n) is 4.32. The van der Waals surface area contributed by atoms with Crippen molar-refractivity contribution in [2.24, 2.45) is 0 Å². The summed E-state index contributed by atoms with van der Waals surface area (Å²) in [5, 5.41) is -0.242. The molecule has 0 aliphatic carbocycles. The van der Waals surface area contributed by atoms with Gasteiger partial charge in [0, 0.05) is 23.4 Å². The predicted octanol–water partition coefficient (Wildman–Crippen LogP) is 1.74. The maximum atomic E-state index is 10.6. The quantitative estimate of drug-likeness (QED) is 0.583. The summed E-state index contributed by atoms with van der Waals surface area (Å²) in [5.41, 5.74) is 0. The molecule has 5 heteroatoms. The number of nitrogens with zero attached hydrogens (tertiary/aromatic N) is 2. The molecule has 48 valence electrons. The van der Waals surface area contributed by atoms with E-state index >= 15 is 0 Å². The van der Waals surface area contributed by atoms with Crippen LogP contribution in [0.25, 0.3) is 0 Å². The summed E-state index contributed by atoms with van der Waals surface area (Å²) in [6, 6.07) is 0. The van der Waals surface area contributed by atoms with Crippen molar-refractivity contribution in [3.63, 3.8) is 0 Å².